The maximum atomic E-state index is 13.1. The van der Waals surface area contributed by atoms with Crippen LogP contribution >= 0.6 is 15.6 Å². The van der Waals surface area contributed by atoms with Gasteiger partial charge in [0.2, 0.25) is 0 Å². The molecule has 0 aromatic heterocycles. The maximum absolute atomic E-state index is 13.1. The highest BCUT2D eigenvalue weighted by molar-refractivity contribution is 7.47. The Labute approximate surface area is 591 Å². The fourth-order valence-corrected chi connectivity index (χ4v) is 12.6. The number of aliphatic hydroxyl groups excluding tert-OH is 1. The highest BCUT2D eigenvalue weighted by atomic mass is 31.2. The van der Waals surface area contributed by atoms with Gasteiger partial charge in [0.15, 0.2) is 12.2 Å². The predicted octanol–water partition coefficient (Wildman–Crippen LogP) is 22.5. The van der Waals surface area contributed by atoms with Crippen molar-refractivity contribution in [3.8, 4) is 0 Å². The van der Waals surface area contributed by atoms with E-state index in [0.29, 0.717) is 25.7 Å². The zero-order chi connectivity index (χ0) is 71.1. The van der Waals surface area contributed by atoms with E-state index in [1.54, 1.807) is 0 Å². The normalized spacial score (nSPS) is 14.2. The van der Waals surface area contributed by atoms with E-state index >= 15 is 0 Å². The Hall–Kier alpha value is -2.98. The third-order valence-electron chi connectivity index (χ3n) is 17.1. The quantitative estimate of drug-likeness (QED) is 0.0169. The molecular weight excluding hydrogens is 1270 g/mol. The molecule has 0 heterocycles. The first-order valence-corrected chi connectivity index (χ1v) is 42.4. The molecule has 2 unspecified atom stereocenters. The minimum atomic E-state index is -4.97. The number of ether oxygens (including phenoxy) is 4. The monoisotopic (exact) mass is 1410 g/mol. The Morgan fingerprint density at radius 1 is 0.289 bits per heavy atom. The number of esters is 4. The van der Waals surface area contributed by atoms with Crippen molar-refractivity contribution < 1.29 is 80.2 Å². The van der Waals surface area contributed by atoms with Crippen LogP contribution < -0.4 is 0 Å². The van der Waals surface area contributed by atoms with Gasteiger partial charge in [-0.3, -0.25) is 37.3 Å². The molecule has 568 valence electrons. The van der Waals surface area contributed by atoms with E-state index in [9.17, 15) is 43.2 Å². The van der Waals surface area contributed by atoms with Crippen molar-refractivity contribution in [2.24, 2.45) is 0 Å². The second kappa shape index (κ2) is 71.4. The van der Waals surface area contributed by atoms with E-state index in [2.05, 4.69) is 76.3 Å². The Morgan fingerprint density at radius 2 is 0.495 bits per heavy atom. The second-order valence-electron chi connectivity index (χ2n) is 26.7. The van der Waals surface area contributed by atoms with E-state index in [1.807, 2.05) is 0 Å². The van der Waals surface area contributed by atoms with Crippen molar-refractivity contribution in [3.63, 3.8) is 0 Å². The fraction of sp³-hybridized carbons (Fsp3) is 0.846. The van der Waals surface area contributed by atoms with Crippen LogP contribution in [0.1, 0.15) is 368 Å². The molecule has 0 aromatic rings. The number of rotatable bonds is 75. The van der Waals surface area contributed by atoms with Crippen molar-refractivity contribution in [2.75, 3.05) is 39.6 Å². The van der Waals surface area contributed by atoms with E-state index in [-0.39, 0.29) is 25.7 Å². The summed E-state index contributed by atoms with van der Waals surface area (Å²) in [5, 5.41) is 10.6. The van der Waals surface area contributed by atoms with E-state index in [0.717, 1.165) is 128 Å². The molecule has 0 aliphatic carbocycles. The maximum Gasteiger partial charge on any atom is 0.472 e. The molecule has 0 radical (unpaired) electrons. The molecule has 0 fully saturated rings. The van der Waals surface area contributed by atoms with Crippen molar-refractivity contribution in [1.82, 2.24) is 0 Å². The number of phosphoric ester groups is 2. The van der Waals surface area contributed by atoms with Gasteiger partial charge in [0, 0.05) is 25.7 Å². The number of phosphoric acid groups is 2. The highest BCUT2D eigenvalue weighted by Crippen LogP contribution is 2.45. The van der Waals surface area contributed by atoms with Gasteiger partial charge in [-0.1, -0.05) is 314 Å². The van der Waals surface area contributed by atoms with E-state index in [4.69, 9.17) is 37.0 Å². The van der Waals surface area contributed by atoms with Gasteiger partial charge in [0.25, 0.3) is 0 Å². The summed E-state index contributed by atoms with van der Waals surface area (Å²) in [6.07, 6.45) is 68.3. The standard InChI is InChI=1S/C78H144O17P2/c1-5-9-13-17-21-25-28-31-34-35-36-37-40-43-46-49-53-57-61-65-78(83)95-74(69-89-76(81)63-59-55-51-47-44-41-38-32-29-26-22-18-14-10-6-2)71-93-97(86,87)91-67-72(79)66-90-96(84,85)92-70-73(68-88-75(80)62-58-54-50-24-20-16-12-8-4)94-77(82)64-60-56-52-48-45-42-39-33-30-27-23-19-15-11-7-3/h26-27,29-30,32-33,38-39,72-74,79H,5-25,28,31,34-37,40-71H2,1-4H3,(H,84,85)(H,86,87)/b29-26-,30-27-,38-32-,39-33-/t72-,73+,74+/m0/s1. The van der Waals surface area contributed by atoms with Crippen LogP contribution in [0.3, 0.4) is 0 Å². The predicted molar refractivity (Wildman–Crippen MR) is 395 cm³/mol. The third-order valence-corrected chi connectivity index (χ3v) is 19.0. The summed E-state index contributed by atoms with van der Waals surface area (Å²) in [6.45, 7) is 4.84. The van der Waals surface area contributed by atoms with E-state index in [1.165, 1.54) is 161 Å². The topological polar surface area (TPSA) is 237 Å². The summed E-state index contributed by atoms with van der Waals surface area (Å²) in [4.78, 5) is 72.7. The summed E-state index contributed by atoms with van der Waals surface area (Å²) in [5.41, 5.74) is 0. The summed E-state index contributed by atoms with van der Waals surface area (Å²) >= 11 is 0. The molecule has 0 aliphatic rings. The lowest BCUT2D eigenvalue weighted by atomic mass is 10.0. The Balaban J connectivity index is 5.27. The van der Waals surface area contributed by atoms with Crippen LogP contribution in [0.15, 0.2) is 48.6 Å². The molecule has 0 saturated carbocycles. The van der Waals surface area contributed by atoms with Crippen LogP contribution in [-0.4, -0.2) is 96.7 Å². The summed E-state index contributed by atoms with van der Waals surface area (Å²) in [7, 11) is -9.93. The lowest BCUT2D eigenvalue weighted by Gasteiger charge is -2.21. The number of carbonyl (C=O) groups is 4. The minimum Gasteiger partial charge on any atom is -0.462 e. The average Bonchev–Trinajstić information content (AvgIpc) is 1.05. The summed E-state index contributed by atoms with van der Waals surface area (Å²) in [6, 6.07) is 0. The molecule has 0 aliphatic heterocycles. The zero-order valence-corrected chi connectivity index (χ0v) is 63.8. The molecule has 0 spiro atoms. The van der Waals surface area contributed by atoms with Gasteiger partial charge in [-0.25, -0.2) is 9.13 Å². The van der Waals surface area contributed by atoms with Gasteiger partial charge in [-0.2, -0.15) is 0 Å². The van der Waals surface area contributed by atoms with Crippen LogP contribution in [0, 0.1) is 0 Å². The third kappa shape index (κ3) is 71.2. The first-order valence-electron chi connectivity index (χ1n) is 39.4. The first kappa shape index (κ1) is 94.0. The number of hydrogen-bond acceptors (Lipinski definition) is 15. The number of unbranched alkanes of at least 4 members (excludes halogenated alkanes) is 43. The molecule has 17 nitrogen and oxygen atoms in total. The van der Waals surface area contributed by atoms with Crippen LogP contribution in [0.25, 0.3) is 0 Å². The first-order chi connectivity index (χ1) is 47.2. The average molecular weight is 1420 g/mol. The van der Waals surface area contributed by atoms with E-state index < -0.39 is 97.5 Å². The molecule has 5 atom stereocenters. The minimum absolute atomic E-state index is 0.0829. The van der Waals surface area contributed by atoms with Crippen LogP contribution in [0.5, 0.6) is 0 Å². The molecule has 19 heteroatoms. The number of carbonyl (C=O) groups excluding carboxylic acids is 4. The SMILES string of the molecule is CCCCCC/C=C\C=C/CCCCCCCC(=O)OC[C@H](COP(=O)(O)OC[C@@H](O)COP(=O)(O)OC[C@@H](COC(=O)CCCCCCCCCC)OC(=O)CCCCCCC/C=C\C=C/CCCCCC)OC(=O)CCCCCCCCCCCCCCCCCCCCC. The van der Waals surface area contributed by atoms with Gasteiger partial charge < -0.3 is 33.8 Å². The molecule has 0 saturated heterocycles. The van der Waals surface area contributed by atoms with Crippen molar-refractivity contribution in [1.29, 1.82) is 0 Å². The Kier molecular flexibility index (Phi) is 69.2. The molecule has 3 N–H and O–H groups in total. The lowest BCUT2D eigenvalue weighted by molar-refractivity contribution is -0.161. The number of aliphatic hydroxyl groups is 1. The van der Waals surface area contributed by atoms with Gasteiger partial charge in [0.05, 0.1) is 26.4 Å². The van der Waals surface area contributed by atoms with Crippen molar-refractivity contribution >= 4 is 39.5 Å². The summed E-state index contributed by atoms with van der Waals surface area (Å²) in [5.74, 6) is -2.17. The number of allylic oxidation sites excluding steroid dienone is 8. The molecular formula is C78H144O17P2. The fourth-order valence-electron chi connectivity index (χ4n) is 11.0. The molecule has 97 heavy (non-hydrogen) atoms. The lowest BCUT2D eigenvalue weighted by Crippen LogP contribution is -2.30. The Morgan fingerprint density at radius 3 is 0.753 bits per heavy atom. The highest BCUT2D eigenvalue weighted by Gasteiger charge is 2.30. The second-order valence-corrected chi connectivity index (χ2v) is 29.6. The van der Waals surface area contributed by atoms with Gasteiger partial charge >= 0.3 is 39.5 Å². The molecule has 0 bridgehead atoms. The van der Waals surface area contributed by atoms with Gasteiger partial charge in [-0.15, -0.1) is 0 Å². The van der Waals surface area contributed by atoms with Crippen LogP contribution in [-0.2, 0) is 65.4 Å². The van der Waals surface area contributed by atoms with Crippen LogP contribution in [0.4, 0.5) is 0 Å². The van der Waals surface area contributed by atoms with Crippen LogP contribution in [0.2, 0.25) is 0 Å². The molecule has 0 aromatic carbocycles. The molecule has 0 amide bonds. The van der Waals surface area contributed by atoms with Gasteiger partial charge in [-0.05, 0) is 77.0 Å². The largest absolute Gasteiger partial charge is 0.472 e. The smallest absolute Gasteiger partial charge is 0.462 e. The van der Waals surface area contributed by atoms with Gasteiger partial charge in [0.1, 0.15) is 19.3 Å². The van der Waals surface area contributed by atoms with Crippen molar-refractivity contribution in [3.05, 3.63) is 48.6 Å². The summed E-state index contributed by atoms with van der Waals surface area (Å²) < 4.78 is 68.4. The number of hydrogen-bond donors (Lipinski definition) is 3. The zero-order valence-electron chi connectivity index (χ0n) is 62.0. The molecule has 0 rings (SSSR count). The van der Waals surface area contributed by atoms with Crippen molar-refractivity contribution in [2.45, 2.75) is 386 Å². The Bertz CT molecular complexity index is 2030.